The van der Waals surface area contributed by atoms with E-state index in [1.54, 1.807) is 7.11 Å². The molecule has 0 aliphatic heterocycles. The van der Waals surface area contributed by atoms with Gasteiger partial charge in [0.05, 0.1) is 0 Å². The van der Waals surface area contributed by atoms with Crippen LogP contribution in [0.4, 0.5) is 0 Å². The van der Waals surface area contributed by atoms with Gasteiger partial charge in [-0.15, -0.1) is 0 Å². The summed E-state index contributed by atoms with van der Waals surface area (Å²) in [6.07, 6.45) is 2.17. The zero-order valence-electron chi connectivity index (χ0n) is 10.7. The van der Waals surface area contributed by atoms with Crippen LogP contribution in [0.25, 0.3) is 0 Å². The Kier molecular flexibility index (Phi) is 7.25. The average molecular weight is 256 g/mol. The summed E-state index contributed by atoms with van der Waals surface area (Å²) in [4.78, 5) is 0. The highest BCUT2D eigenvalue weighted by Crippen LogP contribution is 2.27. The SMILES string of the molecule is CCNCC(CCCOC)c1ccccc1Cl. The fraction of sp³-hybridized carbons (Fsp3) is 0.571. The lowest BCUT2D eigenvalue weighted by molar-refractivity contribution is 0.190. The first-order valence-corrected chi connectivity index (χ1v) is 6.61. The Bertz CT molecular complexity index is 317. The molecule has 0 aliphatic carbocycles. The molecule has 0 saturated heterocycles. The van der Waals surface area contributed by atoms with Gasteiger partial charge in [0.25, 0.3) is 0 Å². The standard InChI is InChI=1S/C14H22ClNO/c1-3-16-11-12(7-6-10-17-2)13-8-4-5-9-14(13)15/h4-5,8-9,12,16H,3,6-7,10-11H2,1-2H3. The largest absolute Gasteiger partial charge is 0.385 e. The first-order chi connectivity index (χ1) is 8.29. The highest BCUT2D eigenvalue weighted by molar-refractivity contribution is 6.31. The molecule has 0 saturated carbocycles. The quantitative estimate of drug-likeness (QED) is 0.719. The van der Waals surface area contributed by atoms with Gasteiger partial charge in [-0.2, -0.15) is 0 Å². The minimum Gasteiger partial charge on any atom is -0.385 e. The van der Waals surface area contributed by atoms with E-state index in [4.69, 9.17) is 16.3 Å². The molecule has 0 aliphatic rings. The minimum atomic E-state index is 0.471. The fourth-order valence-corrected chi connectivity index (χ4v) is 2.26. The van der Waals surface area contributed by atoms with Crippen LogP contribution >= 0.6 is 11.6 Å². The van der Waals surface area contributed by atoms with E-state index in [9.17, 15) is 0 Å². The Balaban J connectivity index is 2.64. The second-order valence-corrected chi connectivity index (χ2v) is 4.57. The number of ether oxygens (including phenoxy) is 1. The van der Waals surface area contributed by atoms with Crippen LogP contribution in [-0.4, -0.2) is 26.8 Å². The van der Waals surface area contributed by atoms with Crippen molar-refractivity contribution in [3.8, 4) is 0 Å². The lowest BCUT2D eigenvalue weighted by Gasteiger charge is -2.18. The molecule has 3 heteroatoms. The van der Waals surface area contributed by atoms with Gasteiger partial charge in [-0.25, -0.2) is 0 Å². The summed E-state index contributed by atoms with van der Waals surface area (Å²) in [6, 6.07) is 8.12. The second-order valence-electron chi connectivity index (χ2n) is 4.16. The molecule has 96 valence electrons. The summed E-state index contributed by atoms with van der Waals surface area (Å²) in [5.74, 6) is 0.471. The van der Waals surface area contributed by atoms with Gasteiger partial charge in [-0.05, 0) is 36.9 Å². The van der Waals surface area contributed by atoms with Gasteiger partial charge in [-0.3, -0.25) is 0 Å². The van der Waals surface area contributed by atoms with Crippen LogP contribution in [0.2, 0.25) is 5.02 Å². The van der Waals surface area contributed by atoms with Crippen molar-refractivity contribution in [2.24, 2.45) is 0 Å². The molecular weight excluding hydrogens is 234 g/mol. The van der Waals surface area contributed by atoms with E-state index in [2.05, 4.69) is 24.4 Å². The molecular formula is C14H22ClNO. The lowest BCUT2D eigenvalue weighted by Crippen LogP contribution is -2.21. The van der Waals surface area contributed by atoms with E-state index in [-0.39, 0.29) is 0 Å². The Morgan fingerprint density at radius 3 is 2.76 bits per heavy atom. The Hall–Kier alpha value is -0.570. The highest BCUT2D eigenvalue weighted by atomic mass is 35.5. The molecule has 1 unspecified atom stereocenters. The maximum atomic E-state index is 6.25. The van der Waals surface area contributed by atoms with Crippen LogP contribution in [0, 0.1) is 0 Å². The smallest absolute Gasteiger partial charge is 0.0462 e. The molecule has 0 spiro atoms. The number of likely N-dealkylation sites (N-methyl/N-ethyl adjacent to an activating group) is 1. The maximum absolute atomic E-state index is 6.25. The van der Waals surface area contributed by atoms with Crippen LogP contribution < -0.4 is 5.32 Å². The third-order valence-electron chi connectivity index (χ3n) is 2.89. The average Bonchev–Trinajstić information content (AvgIpc) is 2.35. The minimum absolute atomic E-state index is 0.471. The Morgan fingerprint density at radius 2 is 2.12 bits per heavy atom. The first kappa shape index (κ1) is 14.5. The summed E-state index contributed by atoms with van der Waals surface area (Å²) < 4.78 is 5.11. The van der Waals surface area contributed by atoms with E-state index in [1.165, 1.54) is 5.56 Å². The Morgan fingerprint density at radius 1 is 1.35 bits per heavy atom. The van der Waals surface area contributed by atoms with Crippen LogP contribution in [0.5, 0.6) is 0 Å². The number of nitrogens with one attached hydrogen (secondary N) is 1. The van der Waals surface area contributed by atoms with Crippen molar-refractivity contribution in [1.29, 1.82) is 0 Å². The number of rotatable bonds is 8. The fourth-order valence-electron chi connectivity index (χ4n) is 1.97. The third-order valence-corrected chi connectivity index (χ3v) is 3.23. The van der Waals surface area contributed by atoms with Crippen molar-refractivity contribution in [1.82, 2.24) is 5.32 Å². The van der Waals surface area contributed by atoms with Gasteiger partial charge in [0.15, 0.2) is 0 Å². The van der Waals surface area contributed by atoms with Crippen molar-refractivity contribution < 1.29 is 4.74 Å². The monoisotopic (exact) mass is 255 g/mol. The van der Waals surface area contributed by atoms with E-state index >= 15 is 0 Å². The van der Waals surface area contributed by atoms with Gasteiger partial charge >= 0.3 is 0 Å². The molecule has 0 aromatic heterocycles. The predicted molar refractivity (Wildman–Crippen MR) is 73.8 cm³/mol. The molecule has 0 fully saturated rings. The van der Waals surface area contributed by atoms with E-state index in [0.717, 1.165) is 37.6 Å². The summed E-state index contributed by atoms with van der Waals surface area (Å²) >= 11 is 6.25. The zero-order valence-corrected chi connectivity index (χ0v) is 11.5. The van der Waals surface area contributed by atoms with Crippen LogP contribution in [0.15, 0.2) is 24.3 Å². The number of halogens is 1. The Labute approximate surface area is 109 Å². The van der Waals surface area contributed by atoms with Gasteiger partial charge in [0.2, 0.25) is 0 Å². The summed E-state index contributed by atoms with van der Waals surface area (Å²) in [5, 5.41) is 4.27. The number of benzene rings is 1. The molecule has 0 radical (unpaired) electrons. The molecule has 17 heavy (non-hydrogen) atoms. The van der Waals surface area contributed by atoms with Gasteiger partial charge in [0.1, 0.15) is 0 Å². The van der Waals surface area contributed by atoms with Crippen molar-refractivity contribution in [2.45, 2.75) is 25.7 Å². The second kappa shape index (κ2) is 8.51. The molecule has 0 bridgehead atoms. The maximum Gasteiger partial charge on any atom is 0.0462 e. The van der Waals surface area contributed by atoms with Crippen molar-refractivity contribution >= 4 is 11.6 Å². The van der Waals surface area contributed by atoms with Crippen molar-refractivity contribution in [2.75, 3.05) is 26.8 Å². The summed E-state index contributed by atoms with van der Waals surface area (Å²) in [7, 11) is 1.74. The summed E-state index contributed by atoms with van der Waals surface area (Å²) in [5.41, 5.74) is 1.24. The number of methoxy groups -OCH3 is 1. The molecule has 0 heterocycles. The van der Waals surface area contributed by atoms with Gasteiger partial charge < -0.3 is 10.1 Å². The number of hydrogen-bond acceptors (Lipinski definition) is 2. The highest BCUT2D eigenvalue weighted by Gasteiger charge is 2.13. The molecule has 1 aromatic rings. The van der Waals surface area contributed by atoms with Crippen LogP contribution in [0.3, 0.4) is 0 Å². The van der Waals surface area contributed by atoms with E-state index in [1.807, 2.05) is 12.1 Å². The molecule has 0 amide bonds. The molecule has 1 aromatic carbocycles. The predicted octanol–water partition coefficient (Wildman–Crippen LogP) is 3.46. The molecule has 2 nitrogen and oxygen atoms in total. The molecule has 1 atom stereocenters. The third kappa shape index (κ3) is 5.07. The number of hydrogen-bond donors (Lipinski definition) is 1. The summed E-state index contributed by atoms with van der Waals surface area (Å²) in [6.45, 7) is 4.90. The van der Waals surface area contributed by atoms with Crippen LogP contribution in [0.1, 0.15) is 31.2 Å². The normalized spacial score (nSPS) is 12.6. The first-order valence-electron chi connectivity index (χ1n) is 6.23. The van der Waals surface area contributed by atoms with E-state index in [0.29, 0.717) is 5.92 Å². The van der Waals surface area contributed by atoms with Gasteiger partial charge in [-0.1, -0.05) is 36.7 Å². The van der Waals surface area contributed by atoms with Gasteiger partial charge in [0, 0.05) is 25.3 Å². The van der Waals surface area contributed by atoms with Crippen molar-refractivity contribution in [3.05, 3.63) is 34.9 Å². The van der Waals surface area contributed by atoms with E-state index < -0.39 is 0 Å². The van der Waals surface area contributed by atoms with Crippen molar-refractivity contribution in [3.63, 3.8) is 0 Å². The molecule has 1 N–H and O–H groups in total. The topological polar surface area (TPSA) is 21.3 Å². The zero-order chi connectivity index (χ0) is 12.5. The lowest BCUT2D eigenvalue weighted by atomic mass is 9.94. The van der Waals surface area contributed by atoms with Crippen LogP contribution in [-0.2, 0) is 4.74 Å². The molecule has 1 rings (SSSR count).